The summed E-state index contributed by atoms with van der Waals surface area (Å²) in [6.07, 6.45) is 7.06. The molecule has 28 heavy (non-hydrogen) atoms. The van der Waals surface area contributed by atoms with Gasteiger partial charge in [0.25, 0.3) is 5.56 Å². The van der Waals surface area contributed by atoms with Gasteiger partial charge in [-0.3, -0.25) is 14.6 Å². The molecular formula is C20H15N5O2S. The molecule has 0 atom stereocenters. The highest BCUT2D eigenvalue weighted by atomic mass is 32.1. The highest BCUT2D eigenvalue weighted by Gasteiger charge is 2.10. The number of anilines is 1. The zero-order chi connectivity index (χ0) is 19.5. The predicted molar refractivity (Wildman–Crippen MR) is 110 cm³/mol. The topological polar surface area (TPSA) is 89.3 Å². The van der Waals surface area contributed by atoms with E-state index in [2.05, 4.69) is 20.4 Å². The SMILES string of the molecule is CC(=O)Nc1cccc(-c2nn3c(=O)cc(/C=C/c4cccnc4)nc3s2)c1. The molecule has 0 fully saturated rings. The molecule has 0 saturated heterocycles. The number of benzene rings is 1. The third-order valence-electron chi connectivity index (χ3n) is 3.83. The largest absolute Gasteiger partial charge is 0.326 e. The second kappa shape index (κ2) is 7.53. The number of fused-ring (bicyclic) bond motifs is 1. The van der Waals surface area contributed by atoms with Gasteiger partial charge in [0.1, 0.15) is 5.01 Å². The summed E-state index contributed by atoms with van der Waals surface area (Å²) in [5.41, 5.74) is 2.69. The van der Waals surface area contributed by atoms with Crippen LogP contribution in [0.1, 0.15) is 18.2 Å². The van der Waals surface area contributed by atoms with Gasteiger partial charge in [0.05, 0.1) is 5.69 Å². The van der Waals surface area contributed by atoms with Gasteiger partial charge in [-0.15, -0.1) is 0 Å². The van der Waals surface area contributed by atoms with Crippen LogP contribution in [0.25, 0.3) is 27.7 Å². The minimum absolute atomic E-state index is 0.149. The van der Waals surface area contributed by atoms with Crippen molar-refractivity contribution in [3.05, 3.63) is 76.5 Å². The molecular weight excluding hydrogens is 374 g/mol. The molecule has 1 amide bonds. The van der Waals surface area contributed by atoms with Crippen LogP contribution in [-0.2, 0) is 4.79 Å². The zero-order valence-corrected chi connectivity index (χ0v) is 15.7. The van der Waals surface area contributed by atoms with Crippen molar-refractivity contribution in [3.63, 3.8) is 0 Å². The van der Waals surface area contributed by atoms with Gasteiger partial charge in [0.15, 0.2) is 0 Å². The molecule has 8 heteroatoms. The molecule has 0 aliphatic heterocycles. The molecule has 0 saturated carbocycles. The normalized spacial score (nSPS) is 11.2. The second-order valence-corrected chi connectivity index (χ2v) is 6.96. The zero-order valence-electron chi connectivity index (χ0n) is 14.9. The van der Waals surface area contributed by atoms with Crippen LogP contribution >= 0.6 is 11.3 Å². The lowest BCUT2D eigenvalue weighted by molar-refractivity contribution is -0.114. The number of pyridine rings is 1. The molecule has 3 aromatic heterocycles. The maximum atomic E-state index is 12.4. The fraction of sp³-hybridized carbons (Fsp3) is 0.0500. The van der Waals surface area contributed by atoms with Crippen LogP contribution in [0.5, 0.6) is 0 Å². The molecule has 0 spiro atoms. The molecule has 0 unspecified atom stereocenters. The first-order chi connectivity index (χ1) is 13.6. The number of rotatable bonds is 4. The molecule has 0 radical (unpaired) electrons. The van der Waals surface area contributed by atoms with Crippen LogP contribution in [0.4, 0.5) is 5.69 Å². The highest BCUT2D eigenvalue weighted by Crippen LogP contribution is 2.26. The van der Waals surface area contributed by atoms with Crippen molar-refractivity contribution in [2.24, 2.45) is 0 Å². The van der Waals surface area contributed by atoms with Crippen LogP contribution in [-0.4, -0.2) is 25.5 Å². The minimum atomic E-state index is -0.253. The van der Waals surface area contributed by atoms with Crippen molar-refractivity contribution in [2.75, 3.05) is 5.32 Å². The lowest BCUT2D eigenvalue weighted by Crippen LogP contribution is -2.14. The van der Waals surface area contributed by atoms with E-state index < -0.39 is 0 Å². The number of carbonyl (C=O) groups is 1. The van der Waals surface area contributed by atoms with E-state index in [0.29, 0.717) is 21.3 Å². The lowest BCUT2D eigenvalue weighted by atomic mass is 10.2. The van der Waals surface area contributed by atoms with Crippen molar-refractivity contribution >= 4 is 40.0 Å². The van der Waals surface area contributed by atoms with Crippen molar-refractivity contribution in [1.29, 1.82) is 0 Å². The Balaban J connectivity index is 1.70. The van der Waals surface area contributed by atoms with Crippen LogP contribution in [0.3, 0.4) is 0 Å². The summed E-state index contributed by atoms with van der Waals surface area (Å²) >= 11 is 1.31. The van der Waals surface area contributed by atoms with Crippen LogP contribution in [0.2, 0.25) is 0 Å². The number of hydrogen-bond acceptors (Lipinski definition) is 6. The third kappa shape index (κ3) is 3.86. The maximum Gasteiger partial charge on any atom is 0.275 e. The summed E-state index contributed by atoms with van der Waals surface area (Å²) in [6, 6.07) is 12.5. The third-order valence-corrected chi connectivity index (χ3v) is 4.78. The molecule has 1 N–H and O–H groups in total. The van der Waals surface area contributed by atoms with Gasteiger partial charge < -0.3 is 5.32 Å². The first-order valence-electron chi connectivity index (χ1n) is 8.45. The number of amides is 1. The van der Waals surface area contributed by atoms with Crippen molar-refractivity contribution in [2.45, 2.75) is 6.92 Å². The van der Waals surface area contributed by atoms with Gasteiger partial charge in [-0.05, 0) is 29.8 Å². The molecule has 3 heterocycles. The Bertz CT molecular complexity index is 1240. The van der Waals surface area contributed by atoms with Crippen molar-refractivity contribution in [1.82, 2.24) is 19.6 Å². The van der Waals surface area contributed by atoms with Gasteiger partial charge in [-0.25, -0.2) is 4.98 Å². The van der Waals surface area contributed by atoms with Crippen LogP contribution < -0.4 is 10.9 Å². The van der Waals surface area contributed by atoms with Gasteiger partial charge >= 0.3 is 0 Å². The van der Waals surface area contributed by atoms with Crippen molar-refractivity contribution < 1.29 is 4.79 Å². The van der Waals surface area contributed by atoms with Gasteiger partial charge in [0, 0.05) is 36.6 Å². The smallest absolute Gasteiger partial charge is 0.275 e. The average Bonchev–Trinajstić information content (AvgIpc) is 3.12. The molecule has 0 bridgehead atoms. The standard InChI is InChI=1S/C20H15N5O2S/c1-13(26)22-16-6-2-5-15(10-16)19-24-25-18(27)11-17(23-20(25)28-19)8-7-14-4-3-9-21-12-14/h2-12H,1H3,(H,22,26)/b8-7+. The Labute approximate surface area is 164 Å². The highest BCUT2D eigenvalue weighted by molar-refractivity contribution is 7.19. The molecule has 4 rings (SSSR count). The summed E-state index contributed by atoms with van der Waals surface area (Å²) in [5.74, 6) is -0.149. The number of nitrogens with zero attached hydrogens (tertiary/aromatic N) is 4. The van der Waals surface area contributed by atoms with E-state index in [1.165, 1.54) is 28.8 Å². The monoisotopic (exact) mass is 389 g/mol. The van der Waals surface area contributed by atoms with E-state index >= 15 is 0 Å². The van der Waals surface area contributed by atoms with E-state index in [1.807, 2.05) is 36.4 Å². The summed E-state index contributed by atoms with van der Waals surface area (Å²) in [5, 5.41) is 7.76. The van der Waals surface area contributed by atoms with Gasteiger partial charge in [-0.2, -0.15) is 9.61 Å². The van der Waals surface area contributed by atoms with Crippen molar-refractivity contribution in [3.8, 4) is 10.6 Å². The molecule has 1 aromatic carbocycles. The molecule has 0 aliphatic rings. The van der Waals surface area contributed by atoms with E-state index in [4.69, 9.17) is 0 Å². The Morgan fingerprint density at radius 3 is 2.86 bits per heavy atom. The Hall–Kier alpha value is -3.65. The number of nitrogens with one attached hydrogen (secondary N) is 1. The number of aromatic nitrogens is 4. The van der Waals surface area contributed by atoms with E-state index in [0.717, 1.165) is 11.1 Å². The maximum absolute atomic E-state index is 12.4. The summed E-state index contributed by atoms with van der Waals surface area (Å²) in [4.78, 5) is 32.8. The molecule has 7 nitrogen and oxygen atoms in total. The Morgan fingerprint density at radius 1 is 1.18 bits per heavy atom. The summed E-state index contributed by atoms with van der Waals surface area (Å²) in [7, 11) is 0. The summed E-state index contributed by atoms with van der Waals surface area (Å²) in [6.45, 7) is 1.45. The number of carbonyl (C=O) groups excluding carboxylic acids is 1. The molecule has 4 aromatic rings. The molecule has 138 valence electrons. The minimum Gasteiger partial charge on any atom is -0.326 e. The molecule has 0 aliphatic carbocycles. The van der Waals surface area contributed by atoms with Crippen LogP contribution in [0, 0.1) is 0 Å². The van der Waals surface area contributed by atoms with Gasteiger partial charge in [-0.1, -0.05) is 35.6 Å². The van der Waals surface area contributed by atoms with Gasteiger partial charge in [0.2, 0.25) is 10.9 Å². The predicted octanol–water partition coefficient (Wildman–Crippen LogP) is 3.34. The Kier molecular flexibility index (Phi) is 4.77. The first-order valence-corrected chi connectivity index (χ1v) is 9.27. The van der Waals surface area contributed by atoms with E-state index in [9.17, 15) is 9.59 Å². The first kappa shape index (κ1) is 17.7. The number of hydrogen-bond donors (Lipinski definition) is 1. The van der Waals surface area contributed by atoms with Crippen LogP contribution in [0.15, 0.2) is 59.7 Å². The fourth-order valence-corrected chi connectivity index (χ4v) is 3.53. The lowest BCUT2D eigenvalue weighted by Gasteiger charge is -2.02. The average molecular weight is 389 g/mol. The second-order valence-electron chi connectivity index (χ2n) is 6.00. The summed E-state index contributed by atoms with van der Waals surface area (Å²) < 4.78 is 1.28. The fourth-order valence-electron chi connectivity index (χ4n) is 2.62. The quantitative estimate of drug-likeness (QED) is 0.578. The van der Waals surface area contributed by atoms with E-state index in [1.54, 1.807) is 24.5 Å². The van der Waals surface area contributed by atoms with E-state index in [-0.39, 0.29) is 11.5 Å². The Morgan fingerprint density at radius 2 is 2.07 bits per heavy atom.